The topological polar surface area (TPSA) is 42.7 Å². The van der Waals surface area contributed by atoms with Crippen LogP contribution in [0.15, 0.2) is 75.9 Å². The highest BCUT2D eigenvalue weighted by atomic mass is 35.5. The van der Waals surface area contributed by atoms with Crippen LogP contribution in [-0.2, 0) is 6.54 Å². The minimum Gasteiger partial charge on any atom is -0.471 e. The van der Waals surface area contributed by atoms with Crippen molar-refractivity contribution in [3.05, 3.63) is 93.3 Å². The first-order valence-electron chi connectivity index (χ1n) is 9.40. The van der Waals surface area contributed by atoms with Crippen LogP contribution in [0.25, 0.3) is 22.1 Å². The molecule has 0 saturated carbocycles. The predicted molar refractivity (Wildman–Crippen MR) is 116 cm³/mol. The van der Waals surface area contributed by atoms with E-state index in [4.69, 9.17) is 20.8 Å². The summed E-state index contributed by atoms with van der Waals surface area (Å²) in [6.07, 6.45) is 0. The number of benzene rings is 3. The van der Waals surface area contributed by atoms with Crippen molar-refractivity contribution in [2.75, 3.05) is 11.6 Å². The highest BCUT2D eigenvalue weighted by Gasteiger charge is 2.26. The van der Waals surface area contributed by atoms with Crippen LogP contribution in [0.1, 0.15) is 11.1 Å². The van der Waals surface area contributed by atoms with Gasteiger partial charge in [-0.25, -0.2) is 4.79 Å². The van der Waals surface area contributed by atoms with E-state index in [2.05, 4.69) is 24.0 Å². The zero-order valence-corrected chi connectivity index (χ0v) is 16.6. The van der Waals surface area contributed by atoms with Crippen LogP contribution in [0.5, 0.6) is 5.75 Å². The molecule has 0 fully saturated rings. The minimum absolute atomic E-state index is 0.381. The Labute approximate surface area is 172 Å². The Kier molecular flexibility index (Phi) is 4.29. The summed E-state index contributed by atoms with van der Waals surface area (Å²) < 4.78 is 11.7. The molecule has 0 radical (unpaired) electrons. The van der Waals surface area contributed by atoms with Crippen molar-refractivity contribution in [1.29, 1.82) is 0 Å². The Balaban J connectivity index is 1.73. The first-order valence-corrected chi connectivity index (χ1v) is 9.77. The number of para-hydroxylation sites is 1. The van der Waals surface area contributed by atoms with E-state index in [1.165, 1.54) is 6.07 Å². The molecule has 0 bridgehead atoms. The van der Waals surface area contributed by atoms with Crippen molar-refractivity contribution >= 4 is 28.3 Å². The fraction of sp³-hybridized carbons (Fsp3) is 0.125. The van der Waals surface area contributed by atoms with Crippen molar-refractivity contribution in [3.8, 4) is 16.9 Å². The summed E-state index contributed by atoms with van der Waals surface area (Å²) in [6.45, 7) is 2.98. The van der Waals surface area contributed by atoms with Crippen LogP contribution in [-0.4, -0.2) is 6.73 Å². The predicted octanol–water partition coefficient (Wildman–Crippen LogP) is 5.78. The van der Waals surface area contributed by atoms with Gasteiger partial charge in [0.15, 0.2) is 6.73 Å². The van der Waals surface area contributed by atoms with Gasteiger partial charge in [0.25, 0.3) is 0 Å². The summed E-state index contributed by atoms with van der Waals surface area (Å²) >= 11 is 6.58. The Morgan fingerprint density at radius 1 is 1.00 bits per heavy atom. The summed E-state index contributed by atoms with van der Waals surface area (Å²) in [7, 11) is 0. The average Bonchev–Trinajstić information content (AvgIpc) is 2.75. The summed E-state index contributed by atoms with van der Waals surface area (Å²) in [6, 6.07) is 21.2. The van der Waals surface area contributed by atoms with E-state index in [1.54, 1.807) is 0 Å². The van der Waals surface area contributed by atoms with Crippen LogP contribution < -0.4 is 15.3 Å². The van der Waals surface area contributed by atoms with Crippen molar-refractivity contribution in [2.45, 2.75) is 13.5 Å². The SMILES string of the molecule is Cc1ccccc1N1COc2c(Cl)cc3c(-c4ccccc4)cc(=O)oc3c2C1. The number of halogens is 1. The maximum Gasteiger partial charge on any atom is 0.336 e. The van der Waals surface area contributed by atoms with Crippen molar-refractivity contribution in [3.63, 3.8) is 0 Å². The lowest BCUT2D eigenvalue weighted by Crippen LogP contribution is -2.32. The molecule has 29 heavy (non-hydrogen) atoms. The second-order valence-corrected chi connectivity index (χ2v) is 7.55. The lowest BCUT2D eigenvalue weighted by atomic mass is 9.99. The first kappa shape index (κ1) is 17.8. The molecule has 1 aliphatic heterocycles. The lowest BCUT2D eigenvalue weighted by molar-refractivity contribution is 0.289. The Hall–Kier alpha value is -3.24. The van der Waals surface area contributed by atoms with Gasteiger partial charge in [0.2, 0.25) is 0 Å². The average molecular weight is 404 g/mol. The molecule has 4 nitrogen and oxygen atoms in total. The number of ether oxygens (including phenoxy) is 1. The van der Waals surface area contributed by atoms with E-state index in [1.807, 2.05) is 48.5 Å². The van der Waals surface area contributed by atoms with Gasteiger partial charge in [-0.1, -0.05) is 60.1 Å². The third kappa shape index (κ3) is 3.06. The number of rotatable bonds is 2. The molecule has 0 saturated heterocycles. The Morgan fingerprint density at radius 2 is 1.76 bits per heavy atom. The van der Waals surface area contributed by atoms with E-state index in [-0.39, 0.29) is 0 Å². The third-order valence-corrected chi connectivity index (χ3v) is 5.57. The molecule has 5 rings (SSSR count). The molecular weight excluding hydrogens is 386 g/mol. The standard InChI is InChI=1S/C24H18ClNO3/c1-15-7-5-6-10-21(15)26-13-19-23-18(11-20(25)24(19)28-14-26)17(12-22(27)29-23)16-8-3-2-4-9-16/h2-12H,13-14H2,1H3. The summed E-state index contributed by atoms with van der Waals surface area (Å²) in [5.74, 6) is 0.581. The molecular formula is C24H18ClNO3. The molecule has 0 aliphatic carbocycles. The third-order valence-electron chi connectivity index (χ3n) is 5.29. The van der Waals surface area contributed by atoms with Gasteiger partial charge in [0.05, 0.1) is 17.1 Å². The van der Waals surface area contributed by atoms with Crippen molar-refractivity contribution < 1.29 is 9.15 Å². The zero-order valence-electron chi connectivity index (χ0n) is 15.8. The van der Waals surface area contributed by atoms with Crippen LogP contribution >= 0.6 is 11.6 Å². The number of hydrogen-bond acceptors (Lipinski definition) is 4. The smallest absolute Gasteiger partial charge is 0.336 e. The summed E-state index contributed by atoms with van der Waals surface area (Å²) in [5.41, 5.74) is 4.88. The molecule has 1 aromatic heterocycles. The number of nitrogens with zero attached hydrogens (tertiary/aromatic N) is 1. The summed E-state index contributed by atoms with van der Waals surface area (Å²) in [4.78, 5) is 14.5. The van der Waals surface area contributed by atoms with E-state index >= 15 is 0 Å². The van der Waals surface area contributed by atoms with E-state index < -0.39 is 5.63 Å². The quantitative estimate of drug-likeness (QED) is 0.398. The molecule has 0 amide bonds. The van der Waals surface area contributed by atoms with Gasteiger partial charge >= 0.3 is 5.63 Å². The molecule has 2 heterocycles. The van der Waals surface area contributed by atoms with Gasteiger partial charge in [-0.2, -0.15) is 0 Å². The molecule has 5 heteroatoms. The van der Waals surface area contributed by atoms with Gasteiger partial charge in [0.1, 0.15) is 11.3 Å². The van der Waals surface area contributed by atoms with E-state index in [0.29, 0.717) is 29.6 Å². The normalized spacial score (nSPS) is 13.2. The molecule has 0 unspecified atom stereocenters. The highest BCUT2D eigenvalue weighted by molar-refractivity contribution is 6.33. The van der Waals surface area contributed by atoms with Crippen LogP contribution in [0, 0.1) is 6.92 Å². The van der Waals surface area contributed by atoms with Gasteiger partial charge in [0, 0.05) is 17.1 Å². The molecule has 4 aromatic rings. The highest BCUT2D eigenvalue weighted by Crippen LogP contribution is 2.42. The maximum atomic E-state index is 12.4. The van der Waals surface area contributed by atoms with Gasteiger partial charge in [-0.05, 0) is 35.7 Å². The lowest BCUT2D eigenvalue weighted by Gasteiger charge is -2.32. The van der Waals surface area contributed by atoms with Gasteiger partial charge < -0.3 is 14.1 Å². The second kappa shape index (κ2) is 6.98. The Bertz CT molecular complexity index is 1280. The molecule has 3 aromatic carbocycles. The molecule has 1 aliphatic rings. The van der Waals surface area contributed by atoms with Crippen LogP contribution in [0.2, 0.25) is 5.02 Å². The largest absolute Gasteiger partial charge is 0.471 e. The number of fused-ring (bicyclic) bond motifs is 3. The zero-order chi connectivity index (χ0) is 20.0. The molecule has 144 valence electrons. The summed E-state index contributed by atoms with van der Waals surface area (Å²) in [5, 5.41) is 1.32. The van der Waals surface area contributed by atoms with Crippen LogP contribution in [0.4, 0.5) is 5.69 Å². The number of anilines is 1. The van der Waals surface area contributed by atoms with Crippen LogP contribution in [0.3, 0.4) is 0 Å². The fourth-order valence-corrected chi connectivity index (χ4v) is 4.20. The minimum atomic E-state index is -0.395. The van der Waals surface area contributed by atoms with Crippen molar-refractivity contribution in [1.82, 2.24) is 0 Å². The molecule has 0 atom stereocenters. The number of aryl methyl sites for hydroxylation is 1. The van der Waals surface area contributed by atoms with E-state index in [9.17, 15) is 4.79 Å². The Morgan fingerprint density at radius 3 is 2.55 bits per heavy atom. The van der Waals surface area contributed by atoms with Gasteiger partial charge in [-0.15, -0.1) is 0 Å². The fourth-order valence-electron chi connectivity index (χ4n) is 3.92. The number of hydrogen-bond donors (Lipinski definition) is 0. The first-order chi connectivity index (χ1) is 14.1. The van der Waals surface area contributed by atoms with Gasteiger partial charge in [-0.3, -0.25) is 0 Å². The second-order valence-electron chi connectivity index (χ2n) is 7.15. The van der Waals surface area contributed by atoms with Crippen molar-refractivity contribution in [2.24, 2.45) is 0 Å². The molecule has 0 spiro atoms. The monoisotopic (exact) mass is 403 g/mol. The van der Waals surface area contributed by atoms with E-state index in [0.717, 1.165) is 33.3 Å². The maximum absolute atomic E-state index is 12.4. The molecule has 0 N–H and O–H groups in total.